The summed E-state index contributed by atoms with van der Waals surface area (Å²) in [6.07, 6.45) is 4.06. The van der Waals surface area contributed by atoms with E-state index in [0.717, 1.165) is 10.2 Å². The highest BCUT2D eigenvalue weighted by atomic mass is 79.9. The van der Waals surface area contributed by atoms with Crippen LogP contribution in [-0.4, -0.2) is 4.98 Å². The number of aromatic nitrogens is 1. The van der Waals surface area contributed by atoms with Gasteiger partial charge in [-0.15, -0.1) is 6.58 Å². The number of nitrogens with two attached hydrogens (primary N) is 1. The Labute approximate surface area is 90.9 Å². The van der Waals surface area contributed by atoms with E-state index in [9.17, 15) is 0 Å². The van der Waals surface area contributed by atoms with Crippen LogP contribution in [-0.2, 0) is 0 Å². The maximum Gasteiger partial charge on any atom is 0.0716 e. The first-order chi connectivity index (χ1) is 6.15. The molecule has 0 saturated heterocycles. The van der Waals surface area contributed by atoms with Gasteiger partial charge in [0.05, 0.1) is 16.8 Å². The third-order valence-electron chi connectivity index (χ3n) is 1.61. The first-order valence-electron chi connectivity index (χ1n) is 3.82. The maximum absolute atomic E-state index is 5.85. The molecule has 0 aliphatic carbocycles. The number of rotatable bonds is 3. The van der Waals surface area contributed by atoms with Crippen LogP contribution in [0.5, 0.6) is 0 Å². The molecule has 0 spiro atoms. The smallest absolute Gasteiger partial charge is 0.0716 e. The molecule has 1 atom stereocenters. The van der Waals surface area contributed by atoms with Gasteiger partial charge in [0.15, 0.2) is 0 Å². The zero-order chi connectivity index (χ0) is 9.84. The summed E-state index contributed by atoms with van der Waals surface area (Å²) in [7, 11) is 0. The van der Waals surface area contributed by atoms with Crippen LogP contribution in [0.3, 0.4) is 0 Å². The Morgan fingerprint density at radius 2 is 2.46 bits per heavy atom. The molecule has 70 valence electrons. The van der Waals surface area contributed by atoms with Crippen LogP contribution in [0, 0.1) is 0 Å². The minimum Gasteiger partial charge on any atom is -0.322 e. The molecule has 1 heterocycles. The molecular weight excluding hydrogens is 251 g/mol. The number of halogens is 2. The van der Waals surface area contributed by atoms with Gasteiger partial charge < -0.3 is 5.73 Å². The fraction of sp³-hybridized carbons (Fsp3) is 0.222. The van der Waals surface area contributed by atoms with Crippen LogP contribution in [0.4, 0.5) is 0 Å². The number of pyridine rings is 1. The van der Waals surface area contributed by atoms with Gasteiger partial charge in [0, 0.05) is 10.7 Å². The summed E-state index contributed by atoms with van der Waals surface area (Å²) in [6, 6.07) is 1.66. The van der Waals surface area contributed by atoms with Crippen LogP contribution in [0.15, 0.2) is 29.4 Å². The molecule has 13 heavy (non-hydrogen) atoms. The molecule has 2 nitrogen and oxygen atoms in total. The van der Waals surface area contributed by atoms with Gasteiger partial charge in [-0.2, -0.15) is 0 Å². The Morgan fingerprint density at radius 3 is 3.00 bits per heavy atom. The lowest BCUT2D eigenvalue weighted by molar-refractivity contribution is 0.709. The second kappa shape index (κ2) is 4.74. The van der Waals surface area contributed by atoms with E-state index in [1.807, 2.05) is 0 Å². The third kappa shape index (κ3) is 2.79. The molecule has 0 aromatic carbocycles. The van der Waals surface area contributed by atoms with Crippen LogP contribution in [0.1, 0.15) is 18.2 Å². The fourth-order valence-electron chi connectivity index (χ4n) is 0.989. The van der Waals surface area contributed by atoms with Crippen molar-refractivity contribution in [2.75, 3.05) is 0 Å². The second-order valence-corrected chi connectivity index (χ2v) is 3.94. The summed E-state index contributed by atoms with van der Waals surface area (Å²) in [6.45, 7) is 3.62. The highest BCUT2D eigenvalue weighted by molar-refractivity contribution is 9.10. The summed E-state index contributed by atoms with van der Waals surface area (Å²) in [4.78, 5) is 4.14. The van der Waals surface area contributed by atoms with Crippen molar-refractivity contribution in [2.45, 2.75) is 12.5 Å². The average molecular weight is 262 g/mol. The minimum absolute atomic E-state index is 0.121. The third-order valence-corrected chi connectivity index (χ3v) is 2.45. The Morgan fingerprint density at radius 1 is 1.77 bits per heavy atom. The Balaban J connectivity index is 2.94. The van der Waals surface area contributed by atoms with E-state index in [1.165, 1.54) is 0 Å². The zero-order valence-corrected chi connectivity index (χ0v) is 9.35. The first-order valence-corrected chi connectivity index (χ1v) is 4.99. The van der Waals surface area contributed by atoms with Gasteiger partial charge in [-0.05, 0) is 28.4 Å². The SMILES string of the molecule is C=CC[C@H](N)c1ncc(Cl)cc1Br. The van der Waals surface area contributed by atoms with Crippen LogP contribution in [0.25, 0.3) is 0 Å². The van der Waals surface area contributed by atoms with Crippen molar-refractivity contribution >= 4 is 27.5 Å². The van der Waals surface area contributed by atoms with E-state index in [1.54, 1.807) is 18.3 Å². The summed E-state index contributed by atoms with van der Waals surface area (Å²) in [5.41, 5.74) is 6.66. The van der Waals surface area contributed by atoms with E-state index in [2.05, 4.69) is 27.5 Å². The number of nitrogens with zero attached hydrogens (tertiary/aromatic N) is 1. The lowest BCUT2D eigenvalue weighted by atomic mass is 10.1. The summed E-state index contributed by atoms with van der Waals surface area (Å²) in [5, 5.41) is 0.599. The highest BCUT2D eigenvalue weighted by Gasteiger charge is 2.09. The summed E-state index contributed by atoms with van der Waals surface area (Å²) >= 11 is 9.10. The van der Waals surface area contributed by atoms with Crippen LogP contribution < -0.4 is 5.73 Å². The molecule has 0 radical (unpaired) electrons. The van der Waals surface area contributed by atoms with Gasteiger partial charge >= 0.3 is 0 Å². The highest BCUT2D eigenvalue weighted by Crippen LogP contribution is 2.24. The minimum atomic E-state index is -0.121. The Kier molecular flexibility index (Phi) is 3.90. The predicted octanol–water partition coefficient (Wildman–Crippen LogP) is 3.07. The van der Waals surface area contributed by atoms with Gasteiger partial charge in [-0.25, -0.2) is 0 Å². The van der Waals surface area contributed by atoms with Crippen molar-refractivity contribution in [3.05, 3.63) is 40.1 Å². The molecule has 0 aliphatic rings. The van der Waals surface area contributed by atoms with E-state index in [-0.39, 0.29) is 6.04 Å². The van der Waals surface area contributed by atoms with E-state index < -0.39 is 0 Å². The Bertz CT molecular complexity index is 314. The van der Waals surface area contributed by atoms with Crippen LogP contribution in [0.2, 0.25) is 5.02 Å². The maximum atomic E-state index is 5.85. The standard InChI is InChI=1S/C9H10BrClN2/c1-2-3-8(12)9-7(10)4-6(11)5-13-9/h2,4-5,8H,1,3,12H2/t8-/m0/s1. The van der Waals surface area contributed by atoms with Gasteiger partial charge in [-0.3, -0.25) is 4.98 Å². The summed E-state index contributed by atoms with van der Waals surface area (Å²) < 4.78 is 0.842. The van der Waals surface area contributed by atoms with Crippen molar-refractivity contribution in [3.8, 4) is 0 Å². The van der Waals surface area contributed by atoms with Crippen molar-refractivity contribution in [1.82, 2.24) is 4.98 Å². The average Bonchev–Trinajstić information content (AvgIpc) is 2.04. The molecule has 0 amide bonds. The summed E-state index contributed by atoms with van der Waals surface area (Å²) in [5.74, 6) is 0. The monoisotopic (exact) mass is 260 g/mol. The normalized spacial score (nSPS) is 12.5. The molecule has 1 aromatic rings. The van der Waals surface area contributed by atoms with Gasteiger partial charge in [-0.1, -0.05) is 17.7 Å². The molecule has 0 unspecified atom stereocenters. The molecule has 0 bridgehead atoms. The van der Waals surface area contributed by atoms with Gasteiger partial charge in [0.1, 0.15) is 0 Å². The van der Waals surface area contributed by atoms with Crippen molar-refractivity contribution in [3.63, 3.8) is 0 Å². The molecular formula is C9H10BrClN2. The molecule has 0 saturated carbocycles. The molecule has 2 N–H and O–H groups in total. The molecule has 0 fully saturated rings. The Hall–Kier alpha value is -0.380. The van der Waals surface area contributed by atoms with E-state index in [4.69, 9.17) is 17.3 Å². The van der Waals surface area contributed by atoms with E-state index in [0.29, 0.717) is 11.4 Å². The van der Waals surface area contributed by atoms with Crippen LogP contribution >= 0.6 is 27.5 Å². The molecule has 0 aliphatic heterocycles. The molecule has 1 aromatic heterocycles. The second-order valence-electron chi connectivity index (χ2n) is 2.65. The van der Waals surface area contributed by atoms with Crippen molar-refractivity contribution < 1.29 is 0 Å². The molecule has 4 heteroatoms. The van der Waals surface area contributed by atoms with E-state index >= 15 is 0 Å². The topological polar surface area (TPSA) is 38.9 Å². The van der Waals surface area contributed by atoms with Crippen molar-refractivity contribution in [1.29, 1.82) is 0 Å². The quantitative estimate of drug-likeness (QED) is 0.849. The number of hydrogen-bond donors (Lipinski definition) is 1. The zero-order valence-electron chi connectivity index (χ0n) is 7.00. The van der Waals surface area contributed by atoms with Crippen molar-refractivity contribution in [2.24, 2.45) is 5.73 Å². The lowest BCUT2D eigenvalue weighted by Gasteiger charge is -2.10. The fourth-order valence-corrected chi connectivity index (χ4v) is 1.92. The predicted molar refractivity (Wildman–Crippen MR) is 58.7 cm³/mol. The largest absolute Gasteiger partial charge is 0.322 e. The molecule has 1 rings (SSSR count). The number of hydrogen-bond acceptors (Lipinski definition) is 2. The first kappa shape index (κ1) is 10.7. The van der Waals surface area contributed by atoms with Gasteiger partial charge in [0.25, 0.3) is 0 Å². The van der Waals surface area contributed by atoms with Gasteiger partial charge in [0.2, 0.25) is 0 Å². The lowest BCUT2D eigenvalue weighted by Crippen LogP contribution is -2.11.